The number of benzene rings is 2. The fourth-order valence-corrected chi connectivity index (χ4v) is 7.86. The highest BCUT2D eigenvalue weighted by Gasteiger charge is 2.39. The zero-order valence-electron chi connectivity index (χ0n) is 25.9. The lowest BCUT2D eigenvalue weighted by Gasteiger charge is -2.35. The molecule has 0 bridgehead atoms. The topological polar surface area (TPSA) is 108 Å². The van der Waals surface area contributed by atoms with E-state index in [2.05, 4.69) is 31.4 Å². The van der Waals surface area contributed by atoms with Gasteiger partial charge < -0.3 is 20.5 Å². The number of nitrogens with one attached hydrogen (secondary N) is 2. The Morgan fingerprint density at radius 1 is 1.04 bits per heavy atom. The standard InChI is InChI=1S/C32H43F4N3O5S/c1-31(2,3)24-9-7-8-21(13-24)16-37-26-19-45(42,43)18-23(30(26)41)12-22-14-25(33)29(27(15-22)44-20-32(34,35)36)38-28(40)17-39-10-5-4-6-11-39/h7-9,13-15,23,26,30,37,41H,4-6,10-12,16-20H2,1-3H3,(H,38,40)/t23-,26+,30+/m1/s1. The van der Waals surface area contributed by atoms with Gasteiger partial charge in [0.05, 0.1) is 24.2 Å². The lowest BCUT2D eigenvalue weighted by molar-refractivity contribution is -0.153. The van der Waals surface area contributed by atoms with Gasteiger partial charge in [0, 0.05) is 18.5 Å². The molecule has 0 saturated carbocycles. The summed E-state index contributed by atoms with van der Waals surface area (Å²) >= 11 is 0. The maximum Gasteiger partial charge on any atom is 0.422 e. The zero-order valence-corrected chi connectivity index (χ0v) is 26.7. The predicted molar refractivity (Wildman–Crippen MR) is 164 cm³/mol. The van der Waals surface area contributed by atoms with Crippen LogP contribution in [0.3, 0.4) is 0 Å². The predicted octanol–water partition coefficient (Wildman–Crippen LogP) is 4.60. The number of halogens is 4. The van der Waals surface area contributed by atoms with Gasteiger partial charge in [0.2, 0.25) is 5.91 Å². The Bertz CT molecular complexity index is 1440. The highest BCUT2D eigenvalue weighted by atomic mass is 32.2. The van der Waals surface area contributed by atoms with E-state index in [1.807, 2.05) is 29.2 Å². The van der Waals surface area contributed by atoms with Crippen molar-refractivity contribution in [1.82, 2.24) is 10.2 Å². The Balaban J connectivity index is 1.51. The van der Waals surface area contributed by atoms with Gasteiger partial charge in [-0.1, -0.05) is 51.5 Å². The van der Waals surface area contributed by atoms with E-state index >= 15 is 4.39 Å². The third-order valence-corrected chi connectivity index (χ3v) is 10.0. The zero-order chi connectivity index (χ0) is 33.0. The summed E-state index contributed by atoms with van der Waals surface area (Å²) in [5.74, 6) is -3.65. The summed E-state index contributed by atoms with van der Waals surface area (Å²) in [6.45, 7) is 6.19. The second-order valence-electron chi connectivity index (χ2n) is 13.2. The van der Waals surface area contributed by atoms with Gasteiger partial charge in [0.1, 0.15) is 11.4 Å². The second kappa shape index (κ2) is 14.4. The molecule has 2 fully saturated rings. The Hall–Kier alpha value is -2.74. The summed E-state index contributed by atoms with van der Waals surface area (Å²) in [4.78, 5) is 14.6. The van der Waals surface area contributed by atoms with Crippen LogP contribution in [0.4, 0.5) is 23.2 Å². The summed E-state index contributed by atoms with van der Waals surface area (Å²) in [7, 11) is -3.62. The molecule has 2 aromatic rings. The third-order valence-electron chi connectivity index (χ3n) is 8.24. The minimum absolute atomic E-state index is 0.0408. The number of carbonyl (C=O) groups is 1. The Morgan fingerprint density at radius 3 is 2.42 bits per heavy atom. The number of rotatable bonds is 10. The fourth-order valence-electron chi connectivity index (χ4n) is 5.90. The number of ether oxygens (including phenoxy) is 1. The summed E-state index contributed by atoms with van der Waals surface area (Å²) < 4.78 is 85.2. The summed E-state index contributed by atoms with van der Waals surface area (Å²) in [5, 5.41) is 16.7. The van der Waals surface area contributed by atoms with Crippen LogP contribution in [0.25, 0.3) is 0 Å². The SMILES string of the molecule is CC(C)(C)c1cccc(CN[C@H]2CS(=O)(=O)C[C@@H](Cc3cc(F)c(NC(=O)CN4CCCCC4)c(OCC(F)(F)F)c3)[C@@H]2O)c1. The molecule has 2 saturated heterocycles. The van der Waals surface area contributed by atoms with E-state index in [9.17, 15) is 31.5 Å². The normalized spacial score (nSPS) is 22.6. The minimum atomic E-state index is -4.72. The highest BCUT2D eigenvalue weighted by molar-refractivity contribution is 7.91. The highest BCUT2D eigenvalue weighted by Crippen LogP contribution is 2.34. The van der Waals surface area contributed by atoms with Crippen LogP contribution in [0, 0.1) is 11.7 Å². The smallest absolute Gasteiger partial charge is 0.422 e. The number of alkyl halides is 3. The Morgan fingerprint density at radius 2 is 1.76 bits per heavy atom. The molecule has 1 amide bonds. The molecule has 250 valence electrons. The van der Waals surface area contributed by atoms with Gasteiger partial charge >= 0.3 is 6.18 Å². The van der Waals surface area contributed by atoms with Gasteiger partial charge in [-0.25, -0.2) is 12.8 Å². The van der Waals surface area contributed by atoms with Crippen molar-refractivity contribution < 1.29 is 40.6 Å². The quantitative estimate of drug-likeness (QED) is 0.321. The molecular formula is C32H43F4N3O5S. The molecule has 13 heteroatoms. The number of piperidine rings is 1. The van der Waals surface area contributed by atoms with Crippen LogP contribution < -0.4 is 15.4 Å². The largest absolute Gasteiger partial charge is 0.482 e. The van der Waals surface area contributed by atoms with Crippen molar-refractivity contribution in [3.63, 3.8) is 0 Å². The lowest BCUT2D eigenvalue weighted by Crippen LogP contribution is -2.54. The molecule has 0 spiro atoms. The molecule has 0 unspecified atom stereocenters. The maximum atomic E-state index is 15.4. The van der Waals surface area contributed by atoms with Crippen LogP contribution in [0.15, 0.2) is 36.4 Å². The van der Waals surface area contributed by atoms with E-state index in [1.165, 1.54) is 6.07 Å². The van der Waals surface area contributed by atoms with Crippen LogP contribution in [-0.4, -0.2) is 80.4 Å². The number of nitrogens with zero attached hydrogens (tertiary/aromatic N) is 1. The number of likely N-dealkylation sites (tertiary alicyclic amines) is 1. The number of hydrogen-bond acceptors (Lipinski definition) is 7. The van der Waals surface area contributed by atoms with Crippen LogP contribution >= 0.6 is 0 Å². The van der Waals surface area contributed by atoms with Crippen molar-refractivity contribution in [2.75, 3.05) is 43.1 Å². The first-order chi connectivity index (χ1) is 21.0. The van der Waals surface area contributed by atoms with E-state index in [0.717, 1.165) is 36.5 Å². The van der Waals surface area contributed by atoms with E-state index < -0.39 is 63.8 Å². The molecule has 2 aliphatic rings. The molecule has 3 atom stereocenters. The first-order valence-corrected chi connectivity index (χ1v) is 17.1. The number of amides is 1. The molecule has 2 aromatic carbocycles. The van der Waals surface area contributed by atoms with Crippen molar-refractivity contribution in [2.24, 2.45) is 5.92 Å². The number of carbonyl (C=O) groups excluding carboxylic acids is 1. The summed E-state index contributed by atoms with van der Waals surface area (Å²) in [6.07, 6.45) is -3.12. The average Bonchev–Trinajstić information content (AvgIpc) is 2.94. The monoisotopic (exact) mass is 657 g/mol. The van der Waals surface area contributed by atoms with Gasteiger partial charge in [-0.3, -0.25) is 9.69 Å². The number of aliphatic hydroxyl groups is 1. The van der Waals surface area contributed by atoms with Crippen LogP contribution in [-0.2, 0) is 33.0 Å². The lowest BCUT2D eigenvalue weighted by atomic mass is 9.86. The minimum Gasteiger partial charge on any atom is -0.482 e. The molecule has 0 aliphatic carbocycles. The molecule has 8 nitrogen and oxygen atoms in total. The van der Waals surface area contributed by atoms with E-state index in [4.69, 9.17) is 4.74 Å². The van der Waals surface area contributed by atoms with Gasteiger partial charge in [-0.15, -0.1) is 0 Å². The van der Waals surface area contributed by atoms with Crippen molar-refractivity contribution in [3.05, 3.63) is 58.9 Å². The molecule has 0 aromatic heterocycles. The van der Waals surface area contributed by atoms with Crippen LogP contribution in [0.1, 0.15) is 56.7 Å². The van der Waals surface area contributed by atoms with Crippen molar-refractivity contribution >= 4 is 21.4 Å². The van der Waals surface area contributed by atoms with Gasteiger partial charge in [-0.05, 0) is 66.6 Å². The van der Waals surface area contributed by atoms with E-state index in [-0.39, 0.29) is 35.4 Å². The van der Waals surface area contributed by atoms with Gasteiger partial charge in [-0.2, -0.15) is 13.2 Å². The van der Waals surface area contributed by atoms with E-state index in [0.29, 0.717) is 19.6 Å². The summed E-state index contributed by atoms with van der Waals surface area (Å²) in [6, 6.07) is 9.24. The number of anilines is 1. The van der Waals surface area contributed by atoms with E-state index in [1.54, 1.807) is 0 Å². The molecule has 3 N–H and O–H groups in total. The van der Waals surface area contributed by atoms with Gasteiger partial charge in [0.15, 0.2) is 22.3 Å². The Kier molecular flexibility index (Phi) is 11.2. The molecular weight excluding hydrogens is 614 g/mol. The van der Waals surface area contributed by atoms with Crippen LogP contribution in [0.2, 0.25) is 0 Å². The molecule has 45 heavy (non-hydrogen) atoms. The van der Waals surface area contributed by atoms with Crippen molar-refractivity contribution in [2.45, 2.75) is 76.7 Å². The molecule has 0 radical (unpaired) electrons. The summed E-state index contributed by atoms with van der Waals surface area (Å²) in [5.41, 5.74) is 1.56. The van der Waals surface area contributed by atoms with Crippen LogP contribution in [0.5, 0.6) is 5.75 Å². The molecule has 2 aliphatic heterocycles. The Labute approximate surface area is 262 Å². The van der Waals surface area contributed by atoms with Crippen molar-refractivity contribution in [1.29, 1.82) is 0 Å². The van der Waals surface area contributed by atoms with Crippen molar-refractivity contribution in [3.8, 4) is 5.75 Å². The first-order valence-electron chi connectivity index (χ1n) is 15.2. The number of sulfone groups is 1. The molecule has 4 rings (SSSR count). The second-order valence-corrected chi connectivity index (χ2v) is 15.4. The number of hydrogen-bond donors (Lipinski definition) is 3. The molecule has 2 heterocycles. The van der Waals surface area contributed by atoms with Gasteiger partial charge in [0.25, 0.3) is 0 Å². The fraction of sp³-hybridized carbons (Fsp3) is 0.594. The maximum absolute atomic E-state index is 15.4. The number of aliphatic hydroxyl groups excluding tert-OH is 1. The first kappa shape index (κ1) is 35.1. The third kappa shape index (κ3) is 10.4. The average molecular weight is 658 g/mol.